The lowest BCUT2D eigenvalue weighted by atomic mass is 9.84. The van der Waals surface area contributed by atoms with Crippen LogP contribution in [-0.2, 0) is 38.3 Å². The second-order valence-electron chi connectivity index (χ2n) is 22.4. The number of fused-ring (bicyclic) bond motifs is 4. The summed E-state index contributed by atoms with van der Waals surface area (Å²) in [6.45, 7) is 2.33. The van der Waals surface area contributed by atoms with Gasteiger partial charge in [-0.2, -0.15) is 23.5 Å². The quantitative estimate of drug-likeness (QED) is 0.0822. The number of hydrogen-bond donors (Lipinski definition) is 4. The Hall–Kier alpha value is -6.00. The summed E-state index contributed by atoms with van der Waals surface area (Å²) in [6, 6.07) is 25.7. The number of nitrogens with one attached hydrogen (secondary N) is 4. The molecule has 4 bridgehead atoms. The molecule has 9 unspecified atom stereocenters. The minimum atomic E-state index is -0.667. The topological polar surface area (TPSA) is 175 Å². The summed E-state index contributed by atoms with van der Waals surface area (Å²) in [5, 5.41) is 5.73. The highest BCUT2D eigenvalue weighted by molar-refractivity contribution is 7.98. The van der Waals surface area contributed by atoms with Crippen molar-refractivity contribution in [3.63, 3.8) is 0 Å². The number of ether oxygens (including phenoxy) is 2. The molecule has 77 heavy (non-hydrogen) atoms. The van der Waals surface area contributed by atoms with Crippen molar-refractivity contribution in [1.29, 1.82) is 0 Å². The number of benzene rings is 4. The van der Waals surface area contributed by atoms with E-state index in [9.17, 15) is 19.2 Å². The predicted molar refractivity (Wildman–Crippen MR) is 307 cm³/mol. The van der Waals surface area contributed by atoms with Crippen LogP contribution in [0.2, 0.25) is 0 Å². The van der Waals surface area contributed by atoms with Gasteiger partial charge in [0.1, 0.15) is 23.7 Å². The number of methoxy groups -OCH3 is 2. The van der Waals surface area contributed by atoms with Gasteiger partial charge in [0.15, 0.2) is 0 Å². The minimum absolute atomic E-state index is 0.0500. The smallest absolute Gasteiger partial charge is 0.407 e. The largest absolute Gasteiger partial charge is 0.453 e. The lowest BCUT2D eigenvalue weighted by Gasteiger charge is -2.36. The van der Waals surface area contributed by atoms with Crippen LogP contribution in [0.5, 0.6) is 0 Å². The second-order valence-corrected chi connectivity index (χ2v) is 24.4. The zero-order chi connectivity index (χ0) is 53.3. The molecule has 2 aromatic heterocycles. The van der Waals surface area contributed by atoms with Crippen molar-refractivity contribution in [3.8, 4) is 22.3 Å². The van der Waals surface area contributed by atoms with Crippen LogP contribution in [0.25, 0.3) is 44.3 Å². The molecule has 16 heteroatoms. The van der Waals surface area contributed by atoms with Crippen molar-refractivity contribution >= 4 is 69.6 Å². The number of aryl methyl sites for hydroxylation is 2. The summed E-state index contributed by atoms with van der Waals surface area (Å²) in [7, 11) is 2.68. The SMILES string of the molecule is COC(=O)NC(CCSC)C(=O)N1C(c2nc3ccc(-c4cc5ccc4CCc4ccc(c(-c6ccc7nc(C8CC9CCCCC9N8C(=O)C(CCSC)NC(=O)OC)[nH]c7c6)c4)CC5C)cc3[nH]2)CC2CCCCC21. The van der Waals surface area contributed by atoms with Crippen LogP contribution < -0.4 is 10.6 Å². The summed E-state index contributed by atoms with van der Waals surface area (Å²) in [5.41, 5.74) is 13.5. The molecule has 14 nitrogen and oxygen atoms in total. The summed E-state index contributed by atoms with van der Waals surface area (Å²) < 4.78 is 9.93. The number of hydrogen-bond acceptors (Lipinski definition) is 10. The van der Waals surface area contributed by atoms with Crippen LogP contribution >= 0.6 is 23.5 Å². The van der Waals surface area contributed by atoms with E-state index < -0.39 is 24.3 Å². The fourth-order valence-corrected chi connectivity index (χ4v) is 14.8. The van der Waals surface area contributed by atoms with E-state index >= 15 is 0 Å². The normalized spacial score (nSPS) is 23.7. The van der Waals surface area contributed by atoms with Gasteiger partial charge in [0.05, 0.1) is 48.4 Å². The highest BCUT2D eigenvalue weighted by Gasteiger charge is 2.49. The van der Waals surface area contributed by atoms with Gasteiger partial charge in [-0.1, -0.05) is 81.1 Å². The average molecular weight is 1080 g/mol. The number of imidazole rings is 2. The Morgan fingerprint density at radius 2 is 1.14 bits per heavy atom. The summed E-state index contributed by atoms with van der Waals surface area (Å²) in [5.74, 6) is 4.02. The molecule has 6 aromatic rings. The fraction of sp³-hybridized carbons (Fsp3) is 0.508. The predicted octanol–water partition coefficient (Wildman–Crippen LogP) is 11.8. The van der Waals surface area contributed by atoms with E-state index in [0.29, 0.717) is 24.7 Å². The number of nitrogens with zero attached hydrogens (tertiary/aromatic N) is 4. The highest BCUT2D eigenvalue weighted by atomic mass is 32.2. The van der Waals surface area contributed by atoms with Gasteiger partial charge < -0.3 is 39.9 Å². The van der Waals surface area contributed by atoms with Gasteiger partial charge in [0.25, 0.3) is 0 Å². The van der Waals surface area contributed by atoms with Gasteiger partial charge in [-0.05, 0) is 181 Å². The molecule has 14 rings (SSSR count). The molecule has 4 N–H and O–H groups in total. The van der Waals surface area contributed by atoms with Crippen LogP contribution in [0.1, 0.15) is 136 Å². The zero-order valence-corrected chi connectivity index (χ0v) is 46.8. The first-order valence-corrected chi connectivity index (χ1v) is 30.9. The van der Waals surface area contributed by atoms with Gasteiger partial charge in [-0.25, -0.2) is 19.6 Å². The van der Waals surface area contributed by atoms with Crippen molar-refractivity contribution in [2.75, 3.05) is 38.2 Å². The van der Waals surface area contributed by atoms with Crippen molar-refractivity contribution in [2.24, 2.45) is 11.8 Å². The van der Waals surface area contributed by atoms with Crippen LogP contribution in [0.15, 0.2) is 72.8 Å². The van der Waals surface area contributed by atoms with Crippen molar-refractivity contribution in [2.45, 2.75) is 145 Å². The van der Waals surface area contributed by atoms with E-state index in [-0.39, 0.29) is 41.9 Å². The molecule has 6 aliphatic carbocycles. The van der Waals surface area contributed by atoms with E-state index in [0.717, 1.165) is 127 Å². The van der Waals surface area contributed by atoms with Crippen molar-refractivity contribution in [3.05, 3.63) is 107 Å². The molecule has 4 heterocycles. The number of alkyl carbamates (subject to hydrolysis) is 2. The van der Waals surface area contributed by atoms with Crippen LogP contribution in [0.3, 0.4) is 0 Å². The highest BCUT2D eigenvalue weighted by Crippen LogP contribution is 2.48. The van der Waals surface area contributed by atoms with Gasteiger partial charge in [0.2, 0.25) is 11.8 Å². The number of carbonyl (C=O) groups excluding carboxylic acids is 4. The van der Waals surface area contributed by atoms with Gasteiger partial charge in [0, 0.05) is 12.1 Å². The van der Waals surface area contributed by atoms with Crippen LogP contribution in [0.4, 0.5) is 9.59 Å². The molecule has 0 spiro atoms. The third kappa shape index (κ3) is 10.8. The lowest BCUT2D eigenvalue weighted by molar-refractivity contribution is -0.138. The first kappa shape index (κ1) is 53.0. The Bertz CT molecular complexity index is 3160. The first-order valence-electron chi connectivity index (χ1n) is 28.1. The summed E-state index contributed by atoms with van der Waals surface area (Å²) >= 11 is 3.32. The number of aromatic amines is 2. The Labute approximate surface area is 460 Å². The molecule has 9 atom stereocenters. The molecule has 2 saturated carbocycles. The monoisotopic (exact) mass is 1080 g/mol. The van der Waals surface area contributed by atoms with E-state index in [1.165, 1.54) is 60.4 Å². The van der Waals surface area contributed by atoms with E-state index in [1.54, 1.807) is 23.5 Å². The molecule has 4 amide bonds. The third-order valence-corrected chi connectivity index (χ3v) is 19.1. The van der Waals surface area contributed by atoms with Crippen molar-refractivity contribution in [1.82, 2.24) is 40.4 Å². The number of likely N-dealkylation sites (tertiary alicyclic amines) is 2. The molecule has 2 aliphatic heterocycles. The Morgan fingerprint density at radius 3 is 1.66 bits per heavy atom. The number of thioether (sulfide) groups is 2. The number of amides is 4. The Balaban J connectivity index is 0.855. The van der Waals surface area contributed by atoms with E-state index in [2.05, 4.69) is 110 Å². The van der Waals surface area contributed by atoms with Crippen molar-refractivity contribution < 1.29 is 28.7 Å². The summed E-state index contributed by atoms with van der Waals surface area (Å²) in [4.78, 5) is 76.1. The molecule has 2 saturated heterocycles. The molecular weight excluding hydrogens is 1000 g/mol. The number of H-pyrrole nitrogens is 2. The molecular formula is C61H74N8O6S2. The van der Waals surface area contributed by atoms with Gasteiger partial charge in [-0.3, -0.25) is 9.59 Å². The zero-order valence-electron chi connectivity index (χ0n) is 45.2. The number of rotatable bonds is 14. The Morgan fingerprint density at radius 1 is 0.636 bits per heavy atom. The average Bonchev–Trinajstić information content (AvgIpc) is 4.27. The number of carbonyl (C=O) groups is 4. The lowest BCUT2D eigenvalue weighted by Crippen LogP contribution is -2.52. The maximum Gasteiger partial charge on any atom is 0.407 e. The van der Waals surface area contributed by atoms with E-state index in [4.69, 9.17) is 19.4 Å². The molecule has 4 aromatic carbocycles. The minimum Gasteiger partial charge on any atom is -0.453 e. The fourth-order valence-electron chi connectivity index (χ4n) is 13.8. The van der Waals surface area contributed by atoms with Gasteiger partial charge in [-0.15, -0.1) is 0 Å². The number of aromatic nitrogens is 4. The molecule has 0 radical (unpaired) electrons. The molecule has 4 fully saturated rings. The maximum atomic E-state index is 14.6. The van der Waals surface area contributed by atoms with E-state index in [1.807, 2.05) is 12.5 Å². The maximum absolute atomic E-state index is 14.6. The van der Waals surface area contributed by atoms with Crippen LogP contribution in [0, 0.1) is 11.8 Å². The van der Waals surface area contributed by atoms with Crippen LogP contribution in [-0.4, -0.2) is 116 Å². The standard InChI is InChI=1S/C61H74N8O6S2/c1-35-28-39-17-15-36(29-44(39)40-20-22-46-50(31-40)64-56(62-46)54-33-42-10-6-8-12-52(42)68(54)58(70)48(24-26-76-4)66-60(72)74-2)14-16-37-18-19-38(35)30-45(37)41-21-23-47-51(32-41)65-57(63-47)55-34-43-11-7-9-13-53(43)69(55)59(71)49(25-27-77-5)67-61(73)75-3/h15,17-23,29-32,35,42-43,48-49,52-55H,6-14,16,24-28,33-34H2,1-5H3,(H,62,64)(H,63,65)(H,66,72)(H,67,73). The Kier molecular flexibility index (Phi) is 15.9. The summed E-state index contributed by atoms with van der Waals surface area (Å²) in [6.07, 6.45) is 16.8. The van der Waals surface area contributed by atoms with Gasteiger partial charge >= 0.3 is 12.2 Å². The second kappa shape index (κ2) is 23.1. The third-order valence-electron chi connectivity index (χ3n) is 17.8. The first-order chi connectivity index (χ1) is 37.5. The molecule has 8 aliphatic rings. The molecule has 406 valence electrons.